The normalized spacial score (nSPS) is 16.9. The van der Waals surface area contributed by atoms with E-state index in [9.17, 15) is 14.7 Å². The smallest absolute Gasteiger partial charge is 0.337 e. The van der Waals surface area contributed by atoms with E-state index in [1.807, 2.05) is 30.9 Å². The Kier molecular flexibility index (Phi) is 6.40. The van der Waals surface area contributed by atoms with Crippen LogP contribution in [0.4, 0.5) is 16.3 Å². The van der Waals surface area contributed by atoms with Crippen LogP contribution in [0.2, 0.25) is 19.6 Å². The number of carbonyl (C=O) groups is 2. The third-order valence-electron chi connectivity index (χ3n) is 5.80. The molecule has 0 spiro atoms. The molecule has 0 aliphatic carbocycles. The summed E-state index contributed by atoms with van der Waals surface area (Å²) in [6.07, 6.45) is 0. The first-order valence-corrected chi connectivity index (χ1v) is 14.1. The van der Waals surface area contributed by atoms with Gasteiger partial charge in [-0.3, -0.25) is 0 Å². The molecule has 166 valence electrons. The topological polar surface area (TPSA) is 85.8 Å². The number of aromatic nitrogens is 1. The Labute approximate surface area is 185 Å². The van der Waals surface area contributed by atoms with Gasteiger partial charge in [0.15, 0.2) is 0 Å². The lowest BCUT2D eigenvalue weighted by molar-refractivity contribution is 0.0695. The molecule has 2 aromatic rings. The van der Waals surface area contributed by atoms with Gasteiger partial charge < -0.3 is 20.2 Å². The van der Waals surface area contributed by atoms with Crippen molar-refractivity contribution in [3.63, 3.8) is 0 Å². The van der Waals surface area contributed by atoms with Crippen molar-refractivity contribution in [2.75, 3.05) is 29.9 Å². The van der Waals surface area contributed by atoms with Crippen LogP contribution in [0.1, 0.15) is 28.5 Å². The molecule has 1 atom stereocenters. The molecule has 8 heteroatoms. The summed E-state index contributed by atoms with van der Waals surface area (Å²) in [5.74, 6) is -0.177. The number of carboxylic acid groups (broad SMARTS) is 1. The van der Waals surface area contributed by atoms with Gasteiger partial charge >= 0.3 is 12.0 Å². The number of aryl methyl sites for hydroxylation is 2. The zero-order valence-corrected chi connectivity index (χ0v) is 20.2. The number of nitrogens with zero attached hydrogens (tertiary/aromatic N) is 3. The third-order valence-corrected chi connectivity index (χ3v) is 7.86. The first-order chi connectivity index (χ1) is 14.5. The van der Waals surface area contributed by atoms with Crippen molar-refractivity contribution in [3.8, 4) is 0 Å². The number of nitrogens with one attached hydrogen (secondary N) is 1. The van der Waals surface area contributed by atoms with Gasteiger partial charge in [0.05, 0.1) is 19.3 Å². The number of benzene rings is 1. The lowest BCUT2D eigenvalue weighted by Crippen LogP contribution is -2.55. The summed E-state index contributed by atoms with van der Waals surface area (Å²) in [5, 5.41) is 13.7. The van der Waals surface area contributed by atoms with Crippen molar-refractivity contribution in [3.05, 3.63) is 47.2 Å². The molecule has 0 bridgehead atoms. The molecule has 3 rings (SSSR count). The van der Waals surface area contributed by atoms with Crippen LogP contribution in [0.25, 0.3) is 0 Å². The number of rotatable bonds is 4. The van der Waals surface area contributed by atoms with E-state index in [0.29, 0.717) is 25.3 Å². The molecular formula is C23H32N4O3Si. The second-order valence-corrected chi connectivity index (χ2v) is 14.4. The highest BCUT2D eigenvalue weighted by Crippen LogP contribution is 2.24. The molecule has 2 heterocycles. The van der Waals surface area contributed by atoms with Crippen LogP contribution in [0.5, 0.6) is 0 Å². The monoisotopic (exact) mass is 440 g/mol. The fraction of sp³-hybridized carbons (Fsp3) is 0.435. The van der Waals surface area contributed by atoms with Gasteiger partial charge in [0.1, 0.15) is 5.82 Å². The minimum absolute atomic E-state index is 0.00402. The number of hydrogen-bond donors (Lipinski definition) is 2. The van der Waals surface area contributed by atoms with Crippen molar-refractivity contribution in [1.82, 2.24) is 9.88 Å². The zero-order chi connectivity index (χ0) is 22.9. The summed E-state index contributed by atoms with van der Waals surface area (Å²) in [5.41, 5.74) is 2.37. The molecule has 7 nitrogen and oxygen atoms in total. The van der Waals surface area contributed by atoms with Crippen LogP contribution in [0.3, 0.4) is 0 Å². The van der Waals surface area contributed by atoms with Crippen molar-refractivity contribution in [2.45, 2.75) is 46.5 Å². The Bertz CT molecular complexity index is 986. The molecule has 1 aromatic carbocycles. The van der Waals surface area contributed by atoms with Gasteiger partial charge in [0.25, 0.3) is 0 Å². The van der Waals surface area contributed by atoms with E-state index in [-0.39, 0.29) is 17.6 Å². The molecule has 1 fully saturated rings. The Morgan fingerprint density at radius 2 is 1.77 bits per heavy atom. The molecule has 31 heavy (non-hydrogen) atoms. The zero-order valence-electron chi connectivity index (χ0n) is 19.2. The standard InChI is InChI=1S/C23H32N4O3Si/c1-15-13-20(22(28)29)17(3)24-21(15)26-11-12-27(16(2)14-26)23(30)25-18-7-9-19(10-8-18)31(4,5)6/h7-10,13,16H,11-12,14H2,1-6H3,(H,25,30)(H,28,29). The minimum atomic E-state index is -1.37. The number of pyridine rings is 1. The average molecular weight is 441 g/mol. The second kappa shape index (κ2) is 8.70. The van der Waals surface area contributed by atoms with E-state index in [1.54, 1.807) is 13.0 Å². The molecule has 1 unspecified atom stereocenters. The van der Waals surface area contributed by atoms with Crippen molar-refractivity contribution < 1.29 is 14.7 Å². The SMILES string of the molecule is Cc1cc(C(=O)O)c(C)nc1N1CCN(C(=O)Nc2ccc([Si](C)(C)C)cc2)C(C)C1. The predicted octanol–water partition coefficient (Wildman–Crippen LogP) is 3.68. The molecule has 1 aliphatic heterocycles. The van der Waals surface area contributed by atoms with Gasteiger partial charge in [-0.1, -0.05) is 37.0 Å². The first kappa shape index (κ1) is 22.8. The van der Waals surface area contributed by atoms with E-state index in [0.717, 1.165) is 17.1 Å². The molecule has 1 aliphatic rings. The maximum Gasteiger partial charge on any atom is 0.337 e. The lowest BCUT2D eigenvalue weighted by atomic mass is 10.1. The van der Waals surface area contributed by atoms with Crippen LogP contribution in [0.15, 0.2) is 30.3 Å². The summed E-state index contributed by atoms with van der Waals surface area (Å²) in [7, 11) is -1.37. The number of carboxylic acids is 1. The van der Waals surface area contributed by atoms with Crippen LogP contribution < -0.4 is 15.4 Å². The van der Waals surface area contributed by atoms with Gasteiger partial charge in [0.2, 0.25) is 0 Å². The van der Waals surface area contributed by atoms with Crippen LogP contribution >= 0.6 is 0 Å². The minimum Gasteiger partial charge on any atom is -0.478 e. The highest BCUT2D eigenvalue weighted by atomic mass is 28.3. The number of carbonyl (C=O) groups excluding carboxylic acids is 1. The summed E-state index contributed by atoms with van der Waals surface area (Å²) >= 11 is 0. The number of urea groups is 1. The van der Waals surface area contributed by atoms with Gasteiger partial charge in [0, 0.05) is 31.4 Å². The fourth-order valence-corrected chi connectivity index (χ4v) is 5.10. The third kappa shape index (κ3) is 5.07. The Morgan fingerprint density at radius 3 is 2.32 bits per heavy atom. The predicted molar refractivity (Wildman–Crippen MR) is 127 cm³/mol. The summed E-state index contributed by atoms with van der Waals surface area (Å²) in [6.45, 7) is 14.4. The van der Waals surface area contributed by atoms with Crippen LogP contribution in [0, 0.1) is 13.8 Å². The second-order valence-electron chi connectivity index (χ2n) is 9.31. The molecule has 0 radical (unpaired) electrons. The average Bonchev–Trinajstić information content (AvgIpc) is 2.68. The van der Waals surface area contributed by atoms with E-state index >= 15 is 0 Å². The van der Waals surface area contributed by atoms with Gasteiger partial charge in [-0.15, -0.1) is 0 Å². The van der Waals surface area contributed by atoms with Crippen LogP contribution in [-0.4, -0.2) is 60.7 Å². The molecule has 2 N–H and O–H groups in total. The Balaban J connectivity index is 1.67. The molecular weight excluding hydrogens is 408 g/mol. The Hall–Kier alpha value is -2.87. The number of hydrogen-bond acceptors (Lipinski definition) is 4. The van der Waals surface area contributed by atoms with Gasteiger partial charge in [-0.05, 0) is 44.5 Å². The van der Waals surface area contributed by atoms with Crippen molar-refractivity contribution in [2.24, 2.45) is 0 Å². The highest BCUT2D eigenvalue weighted by molar-refractivity contribution is 6.88. The number of aromatic carboxylic acids is 1. The molecule has 2 amide bonds. The van der Waals surface area contributed by atoms with Crippen molar-refractivity contribution >= 4 is 36.8 Å². The number of anilines is 2. The lowest BCUT2D eigenvalue weighted by Gasteiger charge is -2.40. The maximum atomic E-state index is 12.9. The highest BCUT2D eigenvalue weighted by Gasteiger charge is 2.29. The molecule has 1 aromatic heterocycles. The van der Waals surface area contributed by atoms with Crippen molar-refractivity contribution in [1.29, 1.82) is 0 Å². The summed E-state index contributed by atoms with van der Waals surface area (Å²) in [4.78, 5) is 32.7. The van der Waals surface area contributed by atoms with E-state index in [1.165, 1.54) is 5.19 Å². The maximum absolute atomic E-state index is 12.9. The largest absolute Gasteiger partial charge is 0.478 e. The Morgan fingerprint density at radius 1 is 1.13 bits per heavy atom. The molecule has 1 saturated heterocycles. The number of amides is 2. The number of piperazine rings is 1. The van der Waals surface area contributed by atoms with Gasteiger partial charge in [-0.2, -0.15) is 0 Å². The summed E-state index contributed by atoms with van der Waals surface area (Å²) < 4.78 is 0. The quantitative estimate of drug-likeness (QED) is 0.709. The molecule has 0 saturated carbocycles. The first-order valence-electron chi connectivity index (χ1n) is 10.6. The van der Waals surface area contributed by atoms with Crippen LogP contribution in [-0.2, 0) is 0 Å². The van der Waals surface area contributed by atoms with Gasteiger partial charge in [-0.25, -0.2) is 14.6 Å². The van der Waals surface area contributed by atoms with E-state index < -0.39 is 14.0 Å². The summed E-state index contributed by atoms with van der Waals surface area (Å²) in [6, 6.07) is 9.75. The fourth-order valence-electron chi connectivity index (χ4n) is 3.93. The van der Waals surface area contributed by atoms with E-state index in [4.69, 9.17) is 0 Å². The van der Waals surface area contributed by atoms with E-state index in [2.05, 4.69) is 47.0 Å².